The summed E-state index contributed by atoms with van der Waals surface area (Å²) in [5, 5.41) is 2.22. The zero-order valence-electron chi connectivity index (χ0n) is 7.11. The van der Waals surface area contributed by atoms with Crippen molar-refractivity contribution in [1.29, 1.82) is 0 Å². The molecular weight excluding hydrogens is 180 g/mol. The Balaban J connectivity index is 2.32. The molecule has 0 unspecified atom stereocenters. The highest BCUT2D eigenvalue weighted by molar-refractivity contribution is 5.56. The standard InChI is InChI=1S/C9H6N4O/c14-6-10-3-2-8-12-5-7-1-4-11-9(7)13-8/h1,4-6H,(H,10,14)(H,11,12,13). The first-order valence-electron chi connectivity index (χ1n) is 3.90. The van der Waals surface area contributed by atoms with Gasteiger partial charge >= 0.3 is 0 Å². The molecule has 0 spiro atoms. The maximum Gasteiger partial charge on any atom is 0.218 e. The first-order chi connectivity index (χ1) is 6.90. The number of carbonyl (C=O) groups excluding carboxylic acids is 1. The first-order valence-corrected chi connectivity index (χ1v) is 3.90. The number of aromatic nitrogens is 3. The highest BCUT2D eigenvalue weighted by atomic mass is 16.1. The van der Waals surface area contributed by atoms with E-state index in [1.807, 2.05) is 6.07 Å². The van der Waals surface area contributed by atoms with Gasteiger partial charge in [0.1, 0.15) is 5.82 Å². The minimum atomic E-state index is 0.463. The van der Waals surface area contributed by atoms with Crippen LogP contribution in [0.3, 0.4) is 0 Å². The van der Waals surface area contributed by atoms with Crippen molar-refractivity contribution in [2.75, 3.05) is 0 Å². The molecule has 2 N–H and O–H groups in total. The van der Waals surface area contributed by atoms with E-state index in [0.717, 1.165) is 11.4 Å². The lowest BCUT2D eigenvalue weighted by Crippen LogP contribution is -2.00. The minimum absolute atomic E-state index is 0.463. The van der Waals surface area contributed by atoms with Crippen LogP contribution >= 0.6 is 0 Å². The van der Waals surface area contributed by atoms with Crippen molar-refractivity contribution in [2.45, 2.75) is 0 Å². The number of rotatable bonds is 1. The van der Waals surface area contributed by atoms with Crippen molar-refractivity contribution in [3.63, 3.8) is 0 Å². The van der Waals surface area contributed by atoms with Crippen LogP contribution in [0, 0.1) is 12.0 Å². The number of amides is 1. The van der Waals surface area contributed by atoms with Gasteiger partial charge in [0.15, 0.2) is 5.82 Å². The van der Waals surface area contributed by atoms with Crippen LogP contribution in [0.2, 0.25) is 0 Å². The molecule has 1 amide bonds. The Morgan fingerprint density at radius 3 is 3.29 bits per heavy atom. The molecule has 0 aromatic heterocycles. The summed E-state index contributed by atoms with van der Waals surface area (Å²) in [5.74, 6) is 3.82. The van der Waals surface area contributed by atoms with Crippen molar-refractivity contribution < 1.29 is 4.79 Å². The van der Waals surface area contributed by atoms with E-state index in [4.69, 9.17) is 0 Å². The maximum absolute atomic E-state index is 9.91. The van der Waals surface area contributed by atoms with Crippen molar-refractivity contribution in [1.82, 2.24) is 20.3 Å². The van der Waals surface area contributed by atoms with Crippen molar-refractivity contribution in [3.05, 3.63) is 24.3 Å². The molecule has 0 aromatic rings. The molecule has 0 saturated heterocycles. The molecular formula is C9H6N4O. The lowest BCUT2D eigenvalue weighted by atomic mass is 10.3. The second-order valence-electron chi connectivity index (χ2n) is 2.49. The highest BCUT2D eigenvalue weighted by Gasteiger charge is 2.03. The molecule has 0 aliphatic carbocycles. The van der Waals surface area contributed by atoms with Crippen LogP contribution in [-0.2, 0) is 4.79 Å². The number of carbonyl (C=O) groups is 1. The summed E-state index contributed by atoms with van der Waals surface area (Å²) in [7, 11) is 0. The van der Waals surface area contributed by atoms with Gasteiger partial charge in [-0.25, -0.2) is 9.97 Å². The fourth-order valence-electron chi connectivity index (χ4n) is 1.02. The van der Waals surface area contributed by atoms with E-state index in [-0.39, 0.29) is 0 Å². The molecule has 0 fully saturated rings. The van der Waals surface area contributed by atoms with Gasteiger partial charge in [-0.15, -0.1) is 0 Å². The lowest BCUT2D eigenvalue weighted by molar-refractivity contribution is -0.108. The third-order valence-corrected chi connectivity index (χ3v) is 1.61. The van der Waals surface area contributed by atoms with Gasteiger partial charge in [-0.2, -0.15) is 0 Å². The zero-order chi connectivity index (χ0) is 9.80. The molecule has 0 radical (unpaired) electrons. The van der Waals surface area contributed by atoms with Crippen LogP contribution in [0.4, 0.5) is 0 Å². The summed E-state index contributed by atoms with van der Waals surface area (Å²) in [6.45, 7) is 0. The monoisotopic (exact) mass is 186 g/mol. The van der Waals surface area contributed by atoms with Gasteiger partial charge in [-0.05, 0) is 12.0 Å². The van der Waals surface area contributed by atoms with E-state index in [1.165, 1.54) is 0 Å². The Kier molecular flexibility index (Phi) is 2.11. The van der Waals surface area contributed by atoms with Crippen molar-refractivity contribution in [3.8, 4) is 23.4 Å². The van der Waals surface area contributed by atoms with Crippen LogP contribution in [0.5, 0.6) is 0 Å². The smallest absolute Gasteiger partial charge is 0.218 e. The SMILES string of the molecule is O=CNC#Cc1ncc2ccnc-2[nH]1. The Hall–Kier alpha value is -2.35. The van der Waals surface area contributed by atoms with E-state index < -0.39 is 0 Å². The number of hydrogen-bond acceptors (Lipinski definition) is 3. The second-order valence-corrected chi connectivity index (χ2v) is 2.49. The predicted octanol–water partition coefficient (Wildman–Crippen LogP) is -0.0355. The normalized spacial score (nSPS) is 9.14. The number of aromatic amines is 1. The quantitative estimate of drug-likeness (QED) is 0.373. The molecule has 14 heavy (non-hydrogen) atoms. The number of fused-ring (bicyclic) bond motifs is 1. The molecule has 2 aliphatic heterocycles. The molecule has 2 rings (SSSR count). The summed E-state index contributed by atoms with van der Waals surface area (Å²) in [6, 6.07) is 4.27. The van der Waals surface area contributed by atoms with E-state index in [0.29, 0.717) is 12.2 Å². The number of H-pyrrole nitrogens is 1. The van der Waals surface area contributed by atoms with Gasteiger partial charge in [-0.1, -0.05) is 0 Å². The molecule has 0 bridgehead atoms. The van der Waals surface area contributed by atoms with Gasteiger partial charge in [0.25, 0.3) is 0 Å². The average molecular weight is 186 g/mol. The van der Waals surface area contributed by atoms with Gasteiger partial charge in [-0.3, -0.25) is 10.1 Å². The summed E-state index contributed by atoms with van der Waals surface area (Å²) in [6.07, 6.45) is 3.86. The Bertz CT molecular complexity index is 479. The van der Waals surface area contributed by atoms with Crippen molar-refractivity contribution >= 4 is 6.41 Å². The zero-order valence-corrected chi connectivity index (χ0v) is 7.11. The molecule has 68 valence electrons. The average Bonchev–Trinajstić information content (AvgIpc) is 2.65. The summed E-state index contributed by atoms with van der Waals surface area (Å²) in [5.41, 5.74) is 0.930. The molecule has 5 heteroatoms. The number of nitrogens with one attached hydrogen (secondary N) is 2. The van der Waals surface area contributed by atoms with E-state index in [1.54, 1.807) is 12.4 Å². The Morgan fingerprint density at radius 2 is 2.43 bits per heavy atom. The third-order valence-electron chi connectivity index (χ3n) is 1.61. The lowest BCUT2D eigenvalue weighted by Gasteiger charge is -1.96. The van der Waals surface area contributed by atoms with Crippen LogP contribution < -0.4 is 5.32 Å². The summed E-state index contributed by atoms with van der Waals surface area (Å²) < 4.78 is 0. The third kappa shape index (κ3) is 1.54. The van der Waals surface area contributed by atoms with Gasteiger partial charge in [0, 0.05) is 24.0 Å². The number of hydrogen-bond donors (Lipinski definition) is 2. The number of nitrogens with zero attached hydrogens (tertiary/aromatic N) is 2. The Labute approximate surface area is 79.9 Å². The van der Waals surface area contributed by atoms with Gasteiger partial charge in [0.2, 0.25) is 6.41 Å². The second kappa shape index (κ2) is 3.58. The fourth-order valence-corrected chi connectivity index (χ4v) is 1.02. The maximum atomic E-state index is 9.91. The highest BCUT2D eigenvalue weighted by Crippen LogP contribution is 2.14. The van der Waals surface area contributed by atoms with Crippen molar-refractivity contribution in [2.24, 2.45) is 0 Å². The molecule has 5 nitrogen and oxygen atoms in total. The van der Waals surface area contributed by atoms with E-state index in [9.17, 15) is 4.79 Å². The summed E-state index contributed by atoms with van der Waals surface area (Å²) in [4.78, 5) is 20.9. The van der Waals surface area contributed by atoms with E-state index >= 15 is 0 Å². The topological polar surface area (TPSA) is 70.7 Å². The van der Waals surface area contributed by atoms with Crippen LogP contribution in [-0.4, -0.2) is 21.4 Å². The summed E-state index contributed by atoms with van der Waals surface area (Å²) >= 11 is 0. The van der Waals surface area contributed by atoms with E-state index in [2.05, 4.69) is 32.2 Å². The molecule has 0 atom stereocenters. The minimum Gasteiger partial charge on any atom is -0.317 e. The Morgan fingerprint density at radius 1 is 1.50 bits per heavy atom. The largest absolute Gasteiger partial charge is 0.317 e. The van der Waals surface area contributed by atoms with Crippen LogP contribution in [0.25, 0.3) is 11.4 Å². The fraction of sp³-hybridized carbons (Fsp3) is 0. The van der Waals surface area contributed by atoms with Gasteiger partial charge < -0.3 is 4.98 Å². The molecule has 0 saturated carbocycles. The van der Waals surface area contributed by atoms with Crippen LogP contribution in [0.1, 0.15) is 5.82 Å². The van der Waals surface area contributed by atoms with Crippen LogP contribution in [0.15, 0.2) is 18.5 Å². The predicted molar refractivity (Wildman–Crippen MR) is 49.1 cm³/mol. The first kappa shape index (κ1) is 8.26. The molecule has 2 aliphatic rings. The molecule has 2 heterocycles. The molecule has 0 aromatic carbocycles. The van der Waals surface area contributed by atoms with Gasteiger partial charge in [0.05, 0.1) is 0 Å².